The minimum Gasteiger partial charge on any atom is -0.353 e. The Morgan fingerprint density at radius 1 is 1.15 bits per heavy atom. The summed E-state index contributed by atoms with van der Waals surface area (Å²) in [5, 5.41) is 6.69. The first-order valence-corrected chi connectivity index (χ1v) is 7.84. The lowest BCUT2D eigenvalue weighted by Gasteiger charge is -2.19. The SMILES string of the molecule is C[C@@H]1CC(=O)NN=C1c1ccc(Nc2cc(C(F)(F)F)ccc2F)cc1. The zero-order valence-corrected chi connectivity index (χ0v) is 13.7. The van der Waals surface area contributed by atoms with Crippen molar-refractivity contribution in [1.82, 2.24) is 5.43 Å². The molecule has 26 heavy (non-hydrogen) atoms. The molecule has 1 amide bonds. The molecule has 0 radical (unpaired) electrons. The van der Waals surface area contributed by atoms with E-state index in [4.69, 9.17) is 0 Å². The lowest BCUT2D eigenvalue weighted by Crippen LogP contribution is -2.31. The molecule has 2 aromatic carbocycles. The van der Waals surface area contributed by atoms with E-state index in [1.54, 1.807) is 24.3 Å². The minimum atomic E-state index is -4.55. The Labute approximate surface area is 146 Å². The fourth-order valence-electron chi connectivity index (χ4n) is 2.68. The Morgan fingerprint density at radius 2 is 1.85 bits per heavy atom. The molecule has 3 rings (SSSR count). The minimum absolute atomic E-state index is 0.0523. The van der Waals surface area contributed by atoms with Crippen LogP contribution in [0.25, 0.3) is 0 Å². The van der Waals surface area contributed by atoms with E-state index in [1.165, 1.54) is 0 Å². The summed E-state index contributed by atoms with van der Waals surface area (Å²) >= 11 is 0. The standard InChI is InChI=1S/C18H15F4N3O/c1-10-8-16(26)24-25-17(10)11-2-5-13(6-3-11)23-15-9-12(18(20,21)22)4-7-14(15)19/h2-7,9-10,23H,8H2,1H3,(H,24,26)/t10-/m1/s1. The summed E-state index contributed by atoms with van der Waals surface area (Å²) in [5.74, 6) is -0.988. The summed E-state index contributed by atoms with van der Waals surface area (Å²) < 4.78 is 52.1. The molecule has 0 fully saturated rings. The van der Waals surface area contributed by atoms with E-state index < -0.39 is 17.6 Å². The smallest absolute Gasteiger partial charge is 0.353 e. The molecule has 0 aliphatic carbocycles. The van der Waals surface area contributed by atoms with Gasteiger partial charge >= 0.3 is 6.18 Å². The number of benzene rings is 2. The van der Waals surface area contributed by atoms with Crippen LogP contribution in [0.15, 0.2) is 47.6 Å². The number of amides is 1. The normalized spacial score (nSPS) is 17.5. The first-order chi connectivity index (χ1) is 12.2. The van der Waals surface area contributed by atoms with Gasteiger partial charge in [0.25, 0.3) is 0 Å². The van der Waals surface area contributed by atoms with Gasteiger partial charge in [-0.1, -0.05) is 19.1 Å². The average molecular weight is 365 g/mol. The number of nitrogens with zero attached hydrogens (tertiary/aromatic N) is 1. The highest BCUT2D eigenvalue weighted by atomic mass is 19.4. The van der Waals surface area contributed by atoms with Crippen molar-refractivity contribution in [2.75, 3.05) is 5.32 Å². The molecule has 4 nitrogen and oxygen atoms in total. The van der Waals surface area contributed by atoms with Gasteiger partial charge in [-0.25, -0.2) is 9.82 Å². The van der Waals surface area contributed by atoms with Crippen LogP contribution in [0.5, 0.6) is 0 Å². The van der Waals surface area contributed by atoms with E-state index in [1.807, 2.05) is 6.92 Å². The second-order valence-corrected chi connectivity index (χ2v) is 6.03. The highest BCUT2D eigenvalue weighted by molar-refractivity contribution is 6.05. The number of anilines is 2. The number of halogens is 4. The van der Waals surface area contributed by atoms with Crippen molar-refractivity contribution in [1.29, 1.82) is 0 Å². The third-order valence-electron chi connectivity index (χ3n) is 4.01. The lowest BCUT2D eigenvalue weighted by atomic mass is 9.94. The van der Waals surface area contributed by atoms with Crippen molar-refractivity contribution < 1.29 is 22.4 Å². The van der Waals surface area contributed by atoms with Gasteiger partial charge < -0.3 is 5.32 Å². The zero-order chi connectivity index (χ0) is 18.9. The van der Waals surface area contributed by atoms with Crippen LogP contribution in [0, 0.1) is 11.7 Å². The maximum Gasteiger partial charge on any atom is 0.416 e. The summed E-state index contributed by atoms with van der Waals surface area (Å²) in [7, 11) is 0. The number of nitrogens with one attached hydrogen (secondary N) is 2. The highest BCUT2D eigenvalue weighted by Gasteiger charge is 2.31. The van der Waals surface area contributed by atoms with E-state index in [0.717, 1.165) is 17.7 Å². The highest BCUT2D eigenvalue weighted by Crippen LogP contribution is 2.32. The summed E-state index contributed by atoms with van der Waals surface area (Å²) in [6, 6.07) is 8.84. The van der Waals surface area contributed by atoms with Crippen LogP contribution < -0.4 is 10.7 Å². The topological polar surface area (TPSA) is 53.5 Å². The number of carbonyl (C=O) groups excluding carboxylic acids is 1. The molecule has 0 saturated heterocycles. The first kappa shape index (κ1) is 17.9. The molecule has 1 heterocycles. The number of hydrazone groups is 1. The molecule has 2 N–H and O–H groups in total. The maximum atomic E-state index is 13.8. The summed E-state index contributed by atoms with van der Waals surface area (Å²) in [6.45, 7) is 1.88. The van der Waals surface area contributed by atoms with Crippen LogP contribution in [0.1, 0.15) is 24.5 Å². The molecule has 0 unspecified atom stereocenters. The average Bonchev–Trinajstić information content (AvgIpc) is 2.57. The number of hydrogen-bond donors (Lipinski definition) is 2. The molecule has 1 atom stereocenters. The van der Waals surface area contributed by atoms with Crippen LogP contribution >= 0.6 is 0 Å². The van der Waals surface area contributed by atoms with Crippen molar-refractivity contribution >= 4 is 23.0 Å². The van der Waals surface area contributed by atoms with Crippen molar-refractivity contribution in [2.24, 2.45) is 11.0 Å². The van der Waals surface area contributed by atoms with Gasteiger partial charge in [-0.15, -0.1) is 0 Å². The molecule has 136 valence electrons. The van der Waals surface area contributed by atoms with E-state index in [0.29, 0.717) is 23.9 Å². The van der Waals surface area contributed by atoms with Gasteiger partial charge in [0.05, 0.1) is 17.0 Å². The number of carbonyl (C=O) groups is 1. The molecule has 0 bridgehead atoms. The van der Waals surface area contributed by atoms with Gasteiger partial charge in [-0.2, -0.15) is 18.3 Å². The van der Waals surface area contributed by atoms with Crippen molar-refractivity contribution in [2.45, 2.75) is 19.5 Å². The summed E-state index contributed by atoms with van der Waals surface area (Å²) in [6.07, 6.45) is -4.22. The fraction of sp³-hybridized carbons (Fsp3) is 0.222. The Hall–Kier alpha value is -2.90. The Morgan fingerprint density at radius 3 is 2.46 bits per heavy atom. The van der Waals surface area contributed by atoms with Crippen LogP contribution in [-0.4, -0.2) is 11.6 Å². The molecule has 0 saturated carbocycles. The predicted molar refractivity (Wildman–Crippen MR) is 89.6 cm³/mol. The van der Waals surface area contributed by atoms with Gasteiger partial charge in [0.1, 0.15) is 5.82 Å². The summed E-state index contributed by atoms with van der Waals surface area (Å²) in [4.78, 5) is 11.3. The molecule has 1 aliphatic rings. The van der Waals surface area contributed by atoms with Crippen LogP contribution in [0.2, 0.25) is 0 Å². The molecule has 2 aromatic rings. The Kier molecular flexibility index (Phi) is 4.67. The van der Waals surface area contributed by atoms with Crippen LogP contribution in [0.3, 0.4) is 0 Å². The predicted octanol–water partition coefficient (Wildman–Crippen LogP) is 4.45. The lowest BCUT2D eigenvalue weighted by molar-refractivity contribution is -0.137. The molecular weight excluding hydrogens is 350 g/mol. The Bertz CT molecular complexity index is 860. The maximum absolute atomic E-state index is 13.8. The van der Waals surface area contributed by atoms with Crippen molar-refractivity contribution in [3.63, 3.8) is 0 Å². The molecular formula is C18H15F4N3O. The number of hydrogen-bond acceptors (Lipinski definition) is 3. The molecule has 0 spiro atoms. The third kappa shape index (κ3) is 3.84. The quantitative estimate of drug-likeness (QED) is 0.790. The second-order valence-electron chi connectivity index (χ2n) is 6.03. The largest absolute Gasteiger partial charge is 0.416 e. The third-order valence-corrected chi connectivity index (χ3v) is 4.01. The van der Waals surface area contributed by atoms with Crippen LogP contribution in [0.4, 0.5) is 28.9 Å². The second kappa shape index (κ2) is 6.78. The van der Waals surface area contributed by atoms with Gasteiger partial charge in [-0.3, -0.25) is 4.79 Å². The number of rotatable bonds is 3. The monoisotopic (exact) mass is 365 g/mol. The zero-order valence-electron chi connectivity index (χ0n) is 13.7. The van der Waals surface area contributed by atoms with Crippen molar-refractivity contribution in [3.05, 3.63) is 59.4 Å². The van der Waals surface area contributed by atoms with Gasteiger partial charge in [0, 0.05) is 18.0 Å². The summed E-state index contributed by atoms with van der Waals surface area (Å²) in [5.41, 5.74) is 3.14. The van der Waals surface area contributed by atoms with E-state index in [2.05, 4.69) is 15.8 Å². The van der Waals surface area contributed by atoms with E-state index in [9.17, 15) is 22.4 Å². The van der Waals surface area contributed by atoms with Crippen molar-refractivity contribution in [3.8, 4) is 0 Å². The van der Waals surface area contributed by atoms with Crippen LogP contribution in [-0.2, 0) is 11.0 Å². The molecule has 1 aliphatic heterocycles. The van der Waals surface area contributed by atoms with Gasteiger partial charge in [0.2, 0.25) is 5.91 Å². The van der Waals surface area contributed by atoms with Gasteiger partial charge in [-0.05, 0) is 35.9 Å². The van der Waals surface area contributed by atoms with E-state index >= 15 is 0 Å². The number of alkyl halides is 3. The van der Waals surface area contributed by atoms with Gasteiger partial charge in [0.15, 0.2) is 0 Å². The first-order valence-electron chi connectivity index (χ1n) is 7.84. The Balaban J connectivity index is 1.81. The fourth-order valence-corrected chi connectivity index (χ4v) is 2.68. The molecule has 0 aromatic heterocycles. The molecule has 8 heteroatoms. The van der Waals surface area contributed by atoms with E-state index in [-0.39, 0.29) is 17.5 Å².